The van der Waals surface area contributed by atoms with Crippen molar-refractivity contribution in [3.05, 3.63) is 40.4 Å². The van der Waals surface area contributed by atoms with Gasteiger partial charge in [-0.25, -0.2) is 9.78 Å². The third-order valence-electron chi connectivity index (χ3n) is 3.82. The quantitative estimate of drug-likeness (QED) is 0.906. The molecule has 0 saturated carbocycles. The van der Waals surface area contributed by atoms with E-state index in [1.165, 1.54) is 11.3 Å². The Morgan fingerprint density at radius 2 is 2.24 bits per heavy atom. The van der Waals surface area contributed by atoms with Crippen molar-refractivity contribution in [3.8, 4) is 5.75 Å². The molecule has 7 nitrogen and oxygen atoms in total. The molecule has 0 radical (unpaired) electrons. The summed E-state index contributed by atoms with van der Waals surface area (Å²) in [6.45, 7) is 3.12. The molecular formula is C17H19N3O4S. The van der Waals surface area contributed by atoms with E-state index < -0.39 is 6.09 Å². The number of benzene rings is 1. The van der Waals surface area contributed by atoms with Crippen molar-refractivity contribution in [2.75, 3.05) is 25.6 Å². The predicted molar refractivity (Wildman–Crippen MR) is 94.2 cm³/mol. The number of amides is 2. The number of nitrogens with zero attached hydrogens (tertiary/aromatic N) is 2. The summed E-state index contributed by atoms with van der Waals surface area (Å²) in [7, 11) is 1.58. The third-order valence-corrected chi connectivity index (χ3v) is 4.82. The number of methoxy groups -OCH3 is 1. The minimum atomic E-state index is -0.516. The van der Waals surface area contributed by atoms with Crippen LogP contribution in [0.2, 0.25) is 0 Å². The lowest BCUT2D eigenvalue weighted by molar-refractivity contribution is 0.0736. The lowest BCUT2D eigenvalue weighted by atomic mass is 10.1. The molecule has 2 heterocycles. The van der Waals surface area contributed by atoms with Gasteiger partial charge in [0.2, 0.25) is 0 Å². The molecule has 25 heavy (non-hydrogen) atoms. The van der Waals surface area contributed by atoms with Gasteiger partial charge in [-0.2, -0.15) is 0 Å². The standard InChI is InChI=1S/C17H19N3O4S/c1-3-24-17(22)19-16-18-13-7-8-20(10-14(13)25-16)15(21)11-5-4-6-12(9-11)23-2/h4-6,9H,3,7-8,10H2,1-2H3,(H,18,19,22). The summed E-state index contributed by atoms with van der Waals surface area (Å²) in [4.78, 5) is 31.4. The first-order valence-corrected chi connectivity index (χ1v) is 8.78. The number of hydrogen-bond donors (Lipinski definition) is 1. The summed E-state index contributed by atoms with van der Waals surface area (Å²) in [5.74, 6) is 0.611. The Bertz CT molecular complexity index is 790. The number of fused-ring (bicyclic) bond motifs is 1. The molecule has 0 aliphatic carbocycles. The Labute approximate surface area is 149 Å². The van der Waals surface area contributed by atoms with Crippen LogP contribution in [0.4, 0.5) is 9.93 Å². The number of hydrogen-bond acceptors (Lipinski definition) is 6. The van der Waals surface area contributed by atoms with Gasteiger partial charge in [-0.3, -0.25) is 10.1 Å². The highest BCUT2D eigenvalue weighted by atomic mass is 32.1. The lowest BCUT2D eigenvalue weighted by Crippen LogP contribution is -2.35. The molecule has 1 aromatic carbocycles. The zero-order valence-electron chi connectivity index (χ0n) is 14.1. The second-order valence-electron chi connectivity index (χ2n) is 5.44. The maximum absolute atomic E-state index is 12.7. The fourth-order valence-electron chi connectivity index (χ4n) is 2.62. The van der Waals surface area contributed by atoms with Gasteiger partial charge < -0.3 is 14.4 Å². The Morgan fingerprint density at radius 3 is 3.00 bits per heavy atom. The van der Waals surface area contributed by atoms with Crippen LogP contribution in [0.1, 0.15) is 27.9 Å². The van der Waals surface area contributed by atoms with Gasteiger partial charge in [0, 0.05) is 23.4 Å². The summed E-state index contributed by atoms with van der Waals surface area (Å²) in [5.41, 5.74) is 1.52. The van der Waals surface area contributed by atoms with Crippen LogP contribution in [0, 0.1) is 0 Å². The van der Waals surface area contributed by atoms with Crippen LogP contribution in [-0.4, -0.2) is 42.1 Å². The molecule has 1 aliphatic heterocycles. The molecule has 1 aliphatic rings. The molecule has 1 N–H and O–H groups in total. The van der Waals surface area contributed by atoms with E-state index in [-0.39, 0.29) is 5.91 Å². The van der Waals surface area contributed by atoms with Crippen molar-refractivity contribution in [2.24, 2.45) is 0 Å². The zero-order chi connectivity index (χ0) is 17.8. The van der Waals surface area contributed by atoms with Crippen LogP contribution in [-0.2, 0) is 17.7 Å². The minimum absolute atomic E-state index is 0.0437. The van der Waals surface area contributed by atoms with Crippen LogP contribution < -0.4 is 10.1 Å². The molecule has 132 valence electrons. The summed E-state index contributed by atoms with van der Waals surface area (Å²) >= 11 is 1.37. The number of nitrogens with one attached hydrogen (secondary N) is 1. The number of carbonyl (C=O) groups is 2. The van der Waals surface area contributed by atoms with Gasteiger partial charge in [-0.1, -0.05) is 17.4 Å². The average molecular weight is 361 g/mol. The molecule has 0 saturated heterocycles. The van der Waals surface area contributed by atoms with Gasteiger partial charge >= 0.3 is 6.09 Å². The molecule has 1 aromatic heterocycles. The fraction of sp³-hybridized carbons (Fsp3) is 0.353. The van der Waals surface area contributed by atoms with Crippen LogP contribution in [0.15, 0.2) is 24.3 Å². The van der Waals surface area contributed by atoms with Crippen molar-refractivity contribution >= 4 is 28.5 Å². The topological polar surface area (TPSA) is 80.8 Å². The van der Waals surface area contributed by atoms with E-state index in [2.05, 4.69) is 10.3 Å². The second kappa shape index (κ2) is 7.52. The van der Waals surface area contributed by atoms with Gasteiger partial charge in [-0.05, 0) is 25.1 Å². The summed E-state index contributed by atoms with van der Waals surface area (Å²) in [6.07, 6.45) is 0.143. The highest BCUT2D eigenvalue weighted by molar-refractivity contribution is 7.15. The zero-order valence-corrected chi connectivity index (χ0v) is 14.9. The minimum Gasteiger partial charge on any atom is -0.497 e. The molecular weight excluding hydrogens is 342 g/mol. The highest BCUT2D eigenvalue weighted by Gasteiger charge is 2.25. The lowest BCUT2D eigenvalue weighted by Gasteiger charge is -2.26. The Hall–Kier alpha value is -2.61. The van der Waals surface area contributed by atoms with E-state index in [1.807, 2.05) is 6.07 Å². The van der Waals surface area contributed by atoms with Crippen molar-refractivity contribution in [1.82, 2.24) is 9.88 Å². The van der Waals surface area contributed by atoms with E-state index in [1.54, 1.807) is 37.1 Å². The van der Waals surface area contributed by atoms with Gasteiger partial charge in [0.25, 0.3) is 5.91 Å². The van der Waals surface area contributed by atoms with Crippen molar-refractivity contribution in [3.63, 3.8) is 0 Å². The number of rotatable bonds is 4. The molecule has 0 bridgehead atoms. The summed E-state index contributed by atoms with van der Waals surface area (Å²) in [5, 5.41) is 3.12. The molecule has 2 aromatic rings. The van der Waals surface area contributed by atoms with Gasteiger partial charge in [0.1, 0.15) is 5.75 Å². The maximum atomic E-state index is 12.7. The van der Waals surface area contributed by atoms with E-state index in [0.717, 1.165) is 10.6 Å². The summed E-state index contributed by atoms with van der Waals surface area (Å²) in [6, 6.07) is 7.12. The van der Waals surface area contributed by atoms with E-state index in [4.69, 9.17) is 9.47 Å². The first-order chi connectivity index (χ1) is 12.1. The second-order valence-corrected chi connectivity index (χ2v) is 6.53. The largest absolute Gasteiger partial charge is 0.497 e. The average Bonchev–Trinajstić information content (AvgIpc) is 3.02. The molecule has 2 amide bonds. The Morgan fingerprint density at radius 1 is 1.40 bits per heavy atom. The van der Waals surface area contributed by atoms with Crippen LogP contribution in [0.5, 0.6) is 5.75 Å². The van der Waals surface area contributed by atoms with Crippen molar-refractivity contribution in [1.29, 1.82) is 0 Å². The van der Waals surface area contributed by atoms with Crippen LogP contribution in [0.25, 0.3) is 0 Å². The molecule has 3 rings (SSSR count). The Balaban J connectivity index is 1.71. The van der Waals surface area contributed by atoms with Gasteiger partial charge in [0.15, 0.2) is 5.13 Å². The first-order valence-electron chi connectivity index (χ1n) is 7.96. The monoisotopic (exact) mass is 361 g/mol. The summed E-state index contributed by atoms with van der Waals surface area (Å²) < 4.78 is 10.0. The SMILES string of the molecule is CCOC(=O)Nc1nc2c(s1)CN(C(=O)c1cccc(OC)c1)CC2. The predicted octanol–water partition coefficient (Wildman–Crippen LogP) is 2.92. The number of anilines is 1. The number of ether oxygens (including phenoxy) is 2. The normalized spacial score (nSPS) is 13.1. The molecule has 0 spiro atoms. The van der Waals surface area contributed by atoms with Crippen molar-refractivity contribution in [2.45, 2.75) is 19.9 Å². The first kappa shape index (κ1) is 17.2. The molecule has 8 heteroatoms. The van der Waals surface area contributed by atoms with Gasteiger partial charge in [0.05, 0.1) is 26.0 Å². The highest BCUT2D eigenvalue weighted by Crippen LogP contribution is 2.29. The number of thiazole rings is 1. The third kappa shape index (κ3) is 3.90. The smallest absolute Gasteiger partial charge is 0.413 e. The fourth-order valence-corrected chi connectivity index (χ4v) is 3.62. The maximum Gasteiger partial charge on any atom is 0.413 e. The van der Waals surface area contributed by atoms with E-state index in [0.29, 0.717) is 42.6 Å². The molecule has 0 atom stereocenters. The number of aromatic nitrogens is 1. The van der Waals surface area contributed by atoms with E-state index >= 15 is 0 Å². The number of carbonyl (C=O) groups excluding carboxylic acids is 2. The van der Waals surface area contributed by atoms with E-state index in [9.17, 15) is 9.59 Å². The molecule has 0 fully saturated rings. The van der Waals surface area contributed by atoms with Crippen LogP contribution in [0.3, 0.4) is 0 Å². The Kier molecular flexibility index (Phi) is 5.18. The molecule has 0 unspecified atom stereocenters. The van der Waals surface area contributed by atoms with Gasteiger partial charge in [-0.15, -0.1) is 0 Å². The van der Waals surface area contributed by atoms with Crippen molar-refractivity contribution < 1.29 is 19.1 Å². The van der Waals surface area contributed by atoms with Crippen LogP contribution >= 0.6 is 11.3 Å².